The average molecular weight is 301 g/mol. The number of amides is 1. The van der Waals surface area contributed by atoms with E-state index in [0.29, 0.717) is 11.9 Å². The van der Waals surface area contributed by atoms with Crippen molar-refractivity contribution < 1.29 is 4.79 Å². The molecule has 1 aromatic rings. The Balaban J connectivity index is 1.63. The van der Waals surface area contributed by atoms with Gasteiger partial charge in [-0.3, -0.25) is 4.79 Å². The summed E-state index contributed by atoms with van der Waals surface area (Å²) in [4.78, 5) is 17.2. The fourth-order valence-corrected chi connectivity index (χ4v) is 3.68. The van der Waals surface area contributed by atoms with Crippen LogP contribution >= 0.6 is 0 Å². The molecule has 2 saturated heterocycles. The van der Waals surface area contributed by atoms with Gasteiger partial charge in [0.1, 0.15) is 0 Å². The van der Waals surface area contributed by atoms with E-state index in [1.165, 1.54) is 11.3 Å². The lowest BCUT2D eigenvalue weighted by Crippen LogP contribution is -2.55. The molecule has 2 aliphatic rings. The zero-order valence-corrected chi connectivity index (χ0v) is 13.7. The Morgan fingerprint density at radius 2 is 2.00 bits per heavy atom. The van der Waals surface area contributed by atoms with E-state index in [-0.39, 0.29) is 5.92 Å². The van der Waals surface area contributed by atoms with E-state index >= 15 is 0 Å². The van der Waals surface area contributed by atoms with Crippen LogP contribution in [0.3, 0.4) is 0 Å². The van der Waals surface area contributed by atoms with Gasteiger partial charge in [0.15, 0.2) is 0 Å². The van der Waals surface area contributed by atoms with E-state index in [2.05, 4.69) is 53.2 Å². The van der Waals surface area contributed by atoms with Gasteiger partial charge in [0.25, 0.3) is 0 Å². The maximum Gasteiger partial charge on any atom is 0.225 e. The van der Waals surface area contributed by atoms with Gasteiger partial charge in [-0.25, -0.2) is 0 Å². The predicted octanol–water partition coefficient (Wildman–Crippen LogP) is 2.03. The summed E-state index contributed by atoms with van der Waals surface area (Å²) in [5, 5.41) is 3.34. The second kappa shape index (κ2) is 6.69. The lowest BCUT2D eigenvalue weighted by molar-refractivity contribution is -0.137. The van der Waals surface area contributed by atoms with Crippen LogP contribution < -0.4 is 10.2 Å². The van der Waals surface area contributed by atoms with E-state index in [9.17, 15) is 4.79 Å². The van der Waals surface area contributed by atoms with Crippen LogP contribution in [0.1, 0.15) is 25.3 Å². The molecule has 4 heteroatoms. The van der Waals surface area contributed by atoms with Gasteiger partial charge in [0.2, 0.25) is 5.91 Å². The minimum Gasteiger partial charge on any atom is -0.365 e. The van der Waals surface area contributed by atoms with Crippen LogP contribution in [0.5, 0.6) is 0 Å². The van der Waals surface area contributed by atoms with Crippen molar-refractivity contribution in [3.63, 3.8) is 0 Å². The molecule has 2 heterocycles. The number of nitrogens with one attached hydrogen (secondary N) is 1. The van der Waals surface area contributed by atoms with E-state index in [0.717, 1.165) is 45.6 Å². The molecule has 0 aliphatic carbocycles. The van der Waals surface area contributed by atoms with Gasteiger partial charge in [-0.1, -0.05) is 12.1 Å². The number of piperidine rings is 1. The summed E-state index contributed by atoms with van der Waals surface area (Å²) < 4.78 is 0. The van der Waals surface area contributed by atoms with Crippen LogP contribution in [0.2, 0.25) is 0 Å². The molecule has 0 radical (unpaired) electrons. The number of piperazine rings is 1. The number of hydrogen-bond acceptors (Lipinski definition) is 3. The van der Waals surface area contributed by atoms with Crippen molar-refractivity contribution in [1.82, 2.24) is 10.2 Å². The molecule has 1 unspecified atom stereocenters. The van der Waals surface area contributed by atoms with Crippen LogP contribution in [0, 0.1) is 12.8 Å². The molecule has 2 fully saturated rings. The van der Waals surface area contributed by atoms with E-state index in [1.807, 2.05) is 0 Å². The van der Waals surface area contributed by atoms with Crippen molar-refractivity contribution in [2.24, 2.45) is 5.92 Å². The first-order chi connectivity index (χ1) is 10.6. The summed E-state index contributed by atoms with van der Waals surface area (Å²) in [5.41, 5.74) is 2.57. The van der Waals surface area contributed by atoms with Crippen LogP contribution in [-0.4, -0.2) is 49.6 Å². The fraction of sp³-hybridized carbons (Fsp3) is 0.611. The van der Waals surface area contributed by atoms with Crippen molar-refractivity contribution in [3.8, 4) is 0 Å². The molecule has 120 valence electrons. The fourth-order valence-electron chi connectivity index (χ4n) is 3.68. The van der Waals surface area contributed by atoms with Crippen LogP contribution in [-0.2, 0) is 4.79 Å². The minimum absolute atomic E-state index is 0.235. The molecule has 22 heavy (non-hydrogen) atoms. The molecular weight excluding hydrogens is 274 g/mol. The SMILES string of the molecule is Cc1cccc(N2CCN(C(=O)C3CCNCC3)CC2C)c1. The lowest BCUT2D eigenvalue weighted by atomic mass is 9.96. The Morgan fingerprint density at radius 3 is 2.68 bits per heavy atom. The zero-order valence-electron chi connectivity index (χ0n) is 13.7. The largest absolute Gasteiger partial charge is 0.365 e. The summed E-state index contributed by atoms with van der Waals surface area (Å²) in [7, 11) is 0. The second-order valence-electron chi connectivity index (χ2n) is 6.69. The molecule has 0 aromatic heterocycles. The van der Waals surface area contributed by atoms with E-state index in [1.54, 1.807) is 0 Å². The Bertz CT molecular complexity index is 525. The Morgan fingerprint density at radius 1 is 1.23 bits per heavy atom. The molecule has 1 aromatic carbocycles. The Kier molecular flexibility index (Phi) is 4.67. The molecule has 0 saturated carbocycles. The van der Waals surface area contributed by atoms with Gasteiger partial charge < -0.3 is 15.1 Å². The lowest BCUT2D eigenvalue weighted by Gasteiger charge is -2.42. The highest BCUT2D eigenvalue weighted by molar-refractivity contribution is 5.79. The minimum atomic E-state index is 0.235. The molecular formula is C18H27N3O. The number of nitrogens with zero attached hydrogens (tertiary/aromatic N) is 2. The molecule has 4 nitrogen and oxygen atoms in total. The van der Waals surface area contributed by atoms with Crippen molar-refractivity contribution in [2.75, 3.05) is 37.6 Å². The smallest absolute Gasteiger partial charge is 0.225 e. The van der Waals surface area contributed by atoms with E-state index < -0.39 is 0 Å². The standard InChI is InChI=1S/C18H27N3O/c1-14-4-3-5-17(12-14)21-11-10-20(13-15(21)2)18(22)16-6-8-19-9-7-16/h3-5,12,15-16,19H,6-11,13H2,1-2H3. The molecule has 0 bridgehead atoms. The van der Waals surface area contributed by atoms with Crippen molar-refractivity contribution in [2.45, 2.75) is 32.7 Å². The summed E-state index contributed by atoms with van der Waals surface area (Å²) in [6.07, 6.45) is 1.98. The maximum absolute atomic E-state index is 12.7. The normalized spacial score (nSPS) is 23.6. The molecule has 1 amide bonds. The molecule has 2 aliphatic heterocycles. The average Bonchev–Trinajstić information content (AvgIpc) is 2.55. The number of anilines is 1. The summed E-state index contributed by atoms with van der Waals surface area (Å²) >= 11 is 0. The van der Waals surface area contributed by atoms with Gasteiger partial charge in [-0.15, -0.1) is 0 Å². The third-order valence-electron chi connectivity index (χ3n) is 4.96. The number of carbonyl (C=O) groups is 1. The van der Waals surface area contributed by atoms with Crippen molar-refractivity contribution in [3.05, 3.63) is 29.8 Å². The van der Waals surface area contributed by atoms with Crippen molar-refractivity contribution in [1.29, 1.82) is 0 Å². The highest BCUT2D eigenvalue weighted by Crippen LogP contribution is 2.23. The Labute approximate surface area is 133 Å². The predicted molar refractivity (Wildman–Crippen MR) is 90.2 cm³/mol. The monoisotopic (exact) mass is 301 g/mol. The molecule has 1 N–H and O–H groups in total. The Hall–Kier alpha value is -1.55. The van der Waals surface area contributed by atoms with Gasteiger partial charge in [0.05, 0.1) is 0 Å². The number of hydrogen-bond donors (Lipinski definition) is 1. The molecule has 0 spiro atoms. The van der Waals surface area contributed by atoms with Crippen molar-refractivity contribution >= 4 is 11.6 Å². The topological polar surface area (TPSA) is 35.6 Å². The van der Waals surface area contributed by atoms with Gasteiger partial charge in [0, 0.05) is 37.3 Å². The third-order valence-corrected chi connectivity index (χ3v) is 4.96. The van der Waals surface area contributed by atoms with Crippen LogP contribution in [0.25, 0.3) is 0 Å². The quantitative estimate of drug-likeness (QED) is 0.908. The first kappa shape index (κ1) is 15.3. The molecule has 3 rings (SSSR count). The first-order valence-electron chi connectivity index (χ1n) is 8.48. The third kappa shape index (κ3) is 3.27. The van der Waals surface area contributed by atoms with Gasteiger partial charge >= 0.3 is 0 Å². The summed E-state index contributed by atoms with van der Waals surface area (Å²) in [6.45, 7) is 8.94. The summed E-state index contributed by atoms with van der Waals surface area (Å²) in [5.74, 6) is 0.608. The number of rotatable bonds is 2. The summed E-state index contributed by atoms with van der Waals surface area (Å²) in [6, 6.07) is 9.03. The van der Waals surface area contributed by atoms with Crippen LogP contribution in [0.15, 0.2) is 24.3 Å². The van der Waals surface area contributed by atoms with Gasteiger partial charge in [-0.05, 0) is 57.5 Å². The second-order valence-corrected chi connectivity index (χ2v) is 6.69. The highest BCUT2D eigenvalue weighted by atomic mass is 16.2. The first-order valence-corrected chi connectivity index (χ1v) is 8.48. The zero-order chi connectivity index (χ0) is 15.5. The number of aryl methyl sites for hydroxylation is 1. The van der Waals surface area contributed by atoms with E-state index in [4.69, 9.17) is 0 Å². The number of benzene rings is 1. The number of carbonyl (C=O) groups excluding carboxylic acids is 1. The van der Waals surface area contributed by atoms with Crippen LogP contribution in [0.4, 0.5) is 5.69 Å². The highest BCUT2D eigenvalue weighted by Gasteiger charge is 2.31. The van der Waals surface area contributed by atoms with Gasteiger partial charge in [-0.2, -0.15) is 0 Å². The molecule has 1 atom stereocenters. The maximum atomic E-state index is 12.7.